The summed E-state index contributed by atoms with van der Waals surface area (Å²) >= 11 is 0. The quantitative estimate of drug-likeness (QED) is 0.614. The summed E-state index contributed by atoms with van der Waals surface area (Å²) < 4.78 is 0. The van der Waals surface area contributed by atoms with Crippen LogP contribution in [0.5, 0.6) is 0 Å². The van der Waals surface area contributed by atoms with Crippen LogP contribution in [-0.4, -0.2) is 5.78 Å². The molecule has 2 saturated carbocycles. The van der Waals surface area contributed by atoms with Gasteiger partial charge in [-0.1, -0.05) is 32.4 Å². The van der Waals surface area contributed by atoms with Gasteiger partial charge in [0, 0.05) is 12.3 Å². The molecule has 0 aromatic heterocycles. The Kier molecular flexibility index (Phi) is 3.59. The van der Waals surface area contributed by atoms with E-state index in [9.17, 15) is 4.79 Å². The molecule has 0 N–H and O–H groups in total. The summed E-state index contributed by atoms with van der Waals surface area (Å²) in [5, 5.41) is 0. The van der Waals surface area contributed by atoms with E-state index in [2.05, 4.69) is 33.8 Å². The van der Waals surface area contributed by atoms with Crippen molar-refractivity contribution in [3.63, 3.8) is 0 Å². The maximum atomic E-state index is 12.7. The third-order valence-electron chi connectivity index (χ3n) is 6.87. The molecule has 112 valence electrons. The maximum Gasteiger partial charge on any atom is 0.136 e. The van der Waals surface area contributed by atoms with Crippen LogP contribution >= 0.6 is 0 Å². The van der Waals surface area contributed by atoms with Gasteiger partial charge < -0.3 is 0 Å². The molecule has 0 amide bonds. The lowest BCUT2D eigenvalue weighted by molar-refractivity contribution is -0.156. The molecule has 1 nitrogen and oxygen atoms in total. The number of hydrogen-bond donors (Lipinski definition) is 0. The van der Waals surface area contributed by atoms with Crippen molar-refractivity contribution in [2.24, 2.45) is 35.0 Å². The second-order valence-corrected chi connectivity index (χ2v) is 8.20. The van der Waals surface area contributed by atoms with E-state index in [-0.39, 0.29) is 0 Å². The van der Waals surface area contributed by atoms with E-state index in [4.69, 9.17) is 0 Å². The van der Waals surface area contributed by atoms with Gasteiger partial charge in [0.25, 0.3) is 0 Å². The first-order valence-electron chi connectivity index (χ1n) is 8.63. The van der Waals surface area contributed by atoms with Crippen molar-refractivity contribution < 1.29 is 4.79 Å². The van der Waals surface area contributed by atoms with Crippen LogP contribution in [0.4, 0.5) is 0 Å². The summed E-state index contributed by atoms with van der Waals surface area (Å²) in [4.78, 5) is 12.7. The van der Waals surface area contributed by atoms with E-state index in [0.29, 0.717) is 29.0 Å². The normalized spacial score (nSPS) is 44.9. The lowest BCUT2D eigenvalue weighted by atomic mass is 9.44. The van der Waals surface area contributed by atoms with Crippen molar-refractivity contribution in [1.82, 2.24) is 0 Å². The van der Waals surface area contributed by atoms with Crippen molar-refractivity contribution >= 4 is 5.78 Å². The van der Waals surface area contributed by atoms with Gasteiger partial charge in [0.15, 0.2) is 0 Å². The van der Waals surface area contributed by atoms with Gasteiger partial charge in [0.2, 0.25) is 0 Å². The Labute approximate surface area is 124 Å². The number of fused-ring (bicyclic) bond motifs is 4. The molecule has 0 bridgehead atoms. The highest BCUT2D eigenvalue weighted by Crippen LogP contribution is 2.69. The number of carbonyl (C=O) groups is 1. The van der Waals surface area contributed by atoms with E-state index in [1.807, 2.05) is 0 Å². The van der Waals surface area contributed by atoms with Crippen molar-refractivity contribution in [1.29, 1.82) is 0 Å². The van der Waals surface area contributed by atoms with E-state index >= 15 is 0 Å². The third-order valence-corrected chi connectivity index (χ3v) is 6.87. The molecule has 2 fully saturated rings. The van der Waals surface area contributed by atoms with Crippen molar-refractivity contribution in [2.45, 2.75) is 66.2 Å². The first-order chi connectivity index (χ1) is 9.45. The van der Waals surface area contributed by atoms with Gasteiger partial charge in [-0.3, -0.25) is 4.79 Å². The molecule has 3 aliphatic carbocycles. The summed E-state index contributed by atoms with van der Waals surface area (Å²) in [6.45, 7) is 9.45. The molecule has 0 spiro atoms. The highest BCUT2D eigenvalue weighted by molar-refractivity contribution is 5.83. The van der Waals surface area contributed by atoms with Crippen LogP contribution in [0.3, 0.4) is 0 Å². The molecule has 0 heterocycles. The number of allylic oxidation sites excluding steroid dienone is 2. The lowest BCUT2D eigenvalue weighted by Crippen LogP contribution is -2.57. The molecule has 3 aliphatic rings. The average molecular weight is 274 g/mol. The Balaban J connectivity index is 1.87. The van der Waals surface area contributed by atoms with Gasteiger partial charge in [0.05, 0.1) is 0 Å². The van der Waals surface area contributed by atoms with Crippen molar-refractivity contribution in [2.75, 3.05) is 0 Å². The topological polar surface area (TPSA) is 17.1 Å². The van der Waals surface area contributed by atoms with Crippen LogP contribution in [0.2, 0.25) is 0 Å². The number of rotatable bonds is 1. The zero-order valence-corrected chi connectivity index (χ0v) is 13.6. The molecule has 3 rings (SSSR count). The van der Waals surface area contributed by atoms with Crippen LogP contribution in [-0.2, 0) is 4.79 Å². The van der Waals surface area contributed by atoms with Crippen LogP contribution in [0.15, 0.2) is 11.6 Å². The van der Waals surface area contributed by atoms with E-state index in [1.165, 1.54) is 31.3 Å². The number of carbonyl (C=O) groups excluding carboxylic acids is 1. The fraction of sp³-hybridized carbons (Fsp3) is 0.842. The highest BCUT2D eigenvalue weighted by atomic mass is 16.1. The molecule has 0 aliphatic heterocycles. The predicted molar refractivity (Wildman–Crippen MR) is 83.4 cm³/mol. The molecule has 1 heteroatoms. The van der Waals surface area contributed by atoms with Crippen molar-refractivity contribution in [3.05, 3.63) is 11.6 Å². The van der Waals surface area contributed by atoms with Gasteiger partial charge in [-0.15, -0.1) is 0 Å². The summed E-state index contributed by atoms with van der Waals surface area (Å²) in [5.74, 6) is 3.87. The van der Waals surface area contributed by atoms with E-state index in [0.717, 1.165) is 24.7 Å². The molecular weight excluding hydrogens is 244 g/mol. The van der Waals surface area contributed by atoms with Gasteiger partial charge in [0.1, 0.15) is 5.78 Å². The maximum absolute atomic E-state index is 12.7. The molecule has 0 aromatic carbocycles. The number of Topliss-reactive ketones (excluding diaryl/α,β-unsaturated/α-hetero) is 1. The predicted octanol–water partition coefficient (Wildman–Crippen LogP) is 5.01. The number of ketones is 1. The molecule has 0 saturated heterocycles. The van der Waals surface area contributed by atoms with Crippen LogP contribution in [0, 0.1) is 35.0 Å². The SMILES string of the molecule is CC1=CCCC(=O)C2C(CC1)C1(C)CCC(C(C)C)C21. The average Bonchev–Trinajstić information content (AvgIpc) is 2.67. The molecule has 0 aromatic rings. The second-order valence-electron chi connectivity index (χ2n) is 8.20. The minimum atomic E-state index is 0.397. The Morgan fingerprint density at radius 2 is 2.00 bits per heavy atom. The summed E-state index contributed by atoms with van der Waals surface area (Å²) in [7, 11) is 0. The Hall–Kier alpha value is -0.590. The monoisotopic (exact) mass is 274 g/mol. The van der Waals surface area contributed by atoms with Crippen LogP contribution < -0.4 is 0 Å². The fourth-order valence-electron chi connectivity index (χ4n) is 5.76. The first-order valence-corrected chi connectivity index (χ1v) is 8.63. The number of hydrogen-bond acceptors (Lipinski definition) is 1. The minimum Gasteiger partial charge on any atom is -0.299 e. The van der Waals surface area contributed by atoms with Crippen molar-refractivity contribution in [3.8, 4) is 0 Å². The Bertz CT molecular complexity index is 433. The summed E-state index contributed by atoms with van der Waals surface area (Å²) in [5.41, 5.74) is 1.98. The Morgan fingerprint density at radius 1 is 1.25 bits per heavy atom. The van der Waals surface area contributed by atoms with Crippen LogP contribution in [0.1, 0.15) is 66.2 Å². The van der Waals surface area contributed by atoms with E-state index < -0.39 is 0 Å². The molecule has 5 unspecified atom stereocenters. The molecule has 5 atom stereocenters. The van der Waals surface area contributed by atoms with Gasteiger partial charge in [-0.05, 0) is 68.1 Å². The summed E-state index contributed by atoms with van der Waals surface area (Å²) in [6.07, 6.45) is 9.24. The largest absolute Gasteiger partial charge is 0.299 e. The molecule has 0 radical (unpaired) electrons. The Morgan fingerprint density at radius 3 is 2.70 bits per heavy atom. The fourth-order valence-corrected chi connectivity index (χ4v) is 5.76. The zero-order valence-electron chi connectivity index (χ0n) is 13.6. The summed E-state index contributed by atoms with van der Waals surface area (Å²) in [6, 6.07) is 0. The smallest absolute Gasteiger partial charge is 0.136 e. The molecular formula is C19H30O. The highest BCUT2D eigenvalue weighted by Gasteiger charge is 2.65. The first kappa shape index (κ1) is 14.4. The minimum absolute atomic E-state index is 0.397. The van der Waals surface area contributed by atoms with E-state index in [1.54, 1.807) is 0 Å². The third kappa shape index (κ3) is 2.00. The molecule has 20 heavy (non-hydrogen) atoms. The van der Waals surface area contributed by atoms with Gasteiger partial charge in [-0.25, -0.2) is 0 Å². The second kappa shape index (κ2) is 5.00. The standard InChI is InChI=1S/C19H30O/c1-12(2)14-10-11-19(4)15-9-8-13(3)6-5-7-16(20)17(15)18(14)19/h6,12,14-15,17-18H,5,7-11H2,1-4H3. The zero-order chi connectivity index (χ0) is 14.5. The van der Waals surface area contributed by atoms with Crippen LogP contribution in [0.25, 0.3) is 0 Å². The van der Waals surface area contributed by atoms with Gasteiger partial charge in [-0.2, -0.15) is 0 Å². The lowest BCUT2D eigenvalue weighted by Gasteiger charge is -2.59. The van der Waals surface area contributed by atoms with Gasteiger partial charge >= 0.3 is 0 Å².